The monoisotopic (exact) mass is 674 g/mol. The van der Waals surface area contributed by atoms with Crippen LogP contribution in [0.4, 0.5) is 0 Å². The predicted octanol–water partition coefficient (Wildman–Crippen LogP) is 11.2. The van der Waals surface area contributed by atoms with Crippen LogP contribution in [-0.2, 0) is 20.0 Å². The van der Waals surface area contributed by atoms with Gasteiger partial charge < -0.3 is 0 Å². The summed E-state index contributed by atoms with van der Waals surface area (Å²) in [5.41, 5.74) is 19.0. The van der Waals surface area contributed by atoms with E-state index in [2.05, 4.69) is 120 Å². The second kappa shape index (κ2) is 9.70. The molecule has 0 fully saturated rings. The third-order valence-electron chi connectivity index (χ3n) is 9.94. The van der Waals surface area contributed by atoms with Gasteiger partial charge in [-0.1, -0.05) is 0 Å². The fraction of sp³-hybridized carbons (Fsp3) is 0.263. The minimum atomic E-state index is -3.10. The Morgan fingerprint density at radius 3 is 1.33 bits per heavy atom. The maximum atomic E-state index is 2.79. The second-order valence-corrected chi connectivity index (χ2v) is 29.4. The van der Waals surface area contributed by atoms with Gasteiger partial charge in [0.15, 0.2) is 0 Å². The molecule has 39 heavy (non-hydrogen) atoms. The van der Waals surface area contributed by atoms with Crippen LogP contribution in [0, 0.1) is 0 Å². The van der Waals surface area contributed by atoms with E-state index in [1.807, 2.05) is 0 Å². The zero-order valence-corrected chi connectivity index (χ0v) is 27.3. The van der Waals surface area contributed by atoms with Crippen LogP contribution >= 0.6 is 0 Å². The van der Waals surface area contributed by atoms with E-state index in [9.17, 15) is 0 Å². The van der Waals surface area contributed by atoms with Gasteiger partial charge in [0.2, 0.25) is 0 Å². The van der Waals surface area contributed by atoms with Crippen LogP contribution in [-0.4, -0.2) is 0 Å². The van der Waals surface area contributed by atoms with E-state index in [0.717, 1.165) is 12.8 Å². The summed E-state index contributed by atoms with van der Waals surface area (Å²) in [5.74, 6) is 0. The molecule has 1 aliphatic heterocycles. The first-order valence-electron chi connectivity index (χ1n) is 14.9. The molecule has 0 radical (unpaired) electrons. The molecule has 4 aromatic rings. The van der Waals surface area contributed by atoms with Crippen molar-refractivity contribution >= 4 is 11.1 Å². The Morgan fingerprint density at radius 2 is 0.949 bits per heavy atom. The number of allylic oxidation sites excluding steroid dienone is 4. The molecule has 1 heteroatoms. The van der Waals surface area contributed by atoms with E-state index >= 15 is 0 Å². The van der Waals surface area contributed by atoms with Crippen LogP contribution in [0.1, 0.15) is 69.1 Å². The van der Waals surface area contributed by atoms with Gasteiger partial charge >= 0.3 is 240 Å². The van der Waals surface area contributed by atoms with Crippen molar-refractivity contribution < 1.29 is 20.0 Å². The Balaban J connectivity index is 1.48. The molecular formula is C38H38Hf. The molecule has 194 valence electrons. The molecule has 3 aliphatic rings. The van der Waals surface area contributed by atoms with Crippen molar-refractivity contribution in [2.75, 3.05) is 0 Å². The molecule has 0 amide bonds. The first-order chi connectivity index (χ1) is 19.1. The molecule has 2 atom stereocenters. The Hall–Kier alpha value is -2.77. The SMILES string of the molecule is CCC1=C2CCC3=C(CC)[CH](c4cccc(-c5ccccc5)c43)[Hf]([CH3])([CH3])[CH]1c1cccc(-c3ccccc3)c12. The number of rotatable bonds is 4. The fourth-order valence-electron chi connectivity index (χ4n) is 8.58. The average molecular weight is 673 g/mol. The summed E-state index contributed by atoms with van der Waals surface area (Å²) in [5, 5.41) is 0. The van der Waals surface area contributed by atoms with Crippen LogP contribution in [0.5, 0.6) is 0 Å². The molecule has 4 aromatic carbocycles. The first-order valence-corrected chi connectivity index (χ1v) is 26.2. The normalized spacial score (nSPS) is 20.8. The van der Waals surface area contributed by atoms with Crippen molar-refractivity contribution in [3.63, 3.8) is 0 Å². The molecular weight excluding hydrogens is 635 g/mol. The number of benzene rings is 4. The van der Waals surface area contributed by atoms with E-state index < -0.39 is 20.0 Å². The third kappa shape index (κ3) is 3.72. The van der Waals surface area contributed by atoms with Crippen molar-refractivity contribution in [1.82, 2.24) is 0 Å². The standard InChI is InChI=1S/C36H32.2CH3.Hf/c1-3-25-23-29-17-11-19-31(27-13-7-5-8-14-27)35(29)33(25)21-22-34-26(4-2)24-30-18-12-20-32(36(30)34)28-15-9-6-10-16-28;;;/h5-20,23-24H,3-4,21-22H2,1-2H3;2*1H3;. The molecule has 0 N–H and O–H groups in total. The zero-order chi connectivity index (χ0) is 26.7. The summed E-state index contributed by atoms with van der Waals surface area (Å²) < 4.78 is 6.88. The van der Waals surface area contributed by atoms with Gasteiger partial charge in [0.1, 0.15) is 0 Å². The van der Waals surface area contributed by atoms with Crippen molar-refractivity contribution in [3.05, 3.63) is 130 Å². The predicted molar refractivity (Wildman–Crippen MR) is 165 cm³/mol. The Kier molecular flexibility index (Phi) is 6.27. The van der Waals surface area contributed by atoms with E-state index in [4.69, 9.17) is 0 Å². The Bertz CT molecular complexity index is 1510. The van der Waals surface area contributed by atoms with E-state index in [-0.39, 0.29) is 0 Å². The van der Waals surface area contributed by atoms with Gasteiger partial charge in [-0.2, -0.15) is 0 Å². The fourth-order valence-corrected chi connectivity index (χ4v) is 26.4. The average Bonchev–Trinajstić information content (AvgIpc) is 3.50. The summed E-state index contributed by atoms with van der Waals surface area (Å²) in [6, 6.07) is 36.7. The molecule has 0 aromatic heterocycles. The third-order valence-corrected chi connectivity index (χ3v) is 25.4. The molecule has 2 aliphatic carbocycles. The van der Waals surface area contributed by atoms with Crippen LogP contribution < -0.4 is 0 Å². The Labute approximate surface area is 238 Å². The summed E-state index contributed by atoms with van der Waals surface area (Å²) in [4.78, 5) is 0. The van der Waals surface area contributed by atoms with Gasteiger partial charge in [-0.25, -0.2) is 0 Å². The molecule has 1 heterocycles. The van der Waals surface area contributed by atoms with E-state index in [0.29, 0.717) is 7.35 Å². The quantitative estimate of drug-likeness (QED) is 0.189. The van der Waals surface area contributed by atoms with Crippen molar-refractivity contribution in [3.8, 4) is 22.3 Å². The van der Waals surface area contributed by atoms with Crippen LogP contribution in [0.2, 0.25) is 9.36 Å². The molecule has 0 saturated carbocycles. The summed E-state index contributed by atoms with van der Waals surface area (Å²) >= 11 is -3.10. The maximum absolute atomic E-state index is 3.10. The molecule has 2 unspecified atom stereocenters. The van der Waals surface area contributed by atoms with Crippen LogP contribution in [0.3, 0.4) is 0 Å². The van der Waals surface area contributed by atoms with Gasteiger partial charge in [0.25, 0.3) is 0 Å². The summed E-state index contributed by atoms with van der Waals surface area (Å²) in [6.45, 7) is 4.85. The molecule has 0 saturated heterocycles. The van der Waals surface area contributed by atoms with Crippen LogP contribution in [0.25, 0.3) is 33.4 Å². The van der Waals surface area contributed by atoms with Crippen molar-refractivity contribution in [2.24, 2.45) is 0 Å². The van der Waals surface area contributed by atoms with Gasteiger partial charge in [-0.3, -0.25) is 0 Å². The second-order valence-electron chi connectivity index (χ2n) is 12.2. The number of fused-ring (bicyclic) bond motifs is 8. The van der Waals surface area contributed by atoms with Crippen LogP contribution in [0.15, 0.2) is 108 Å². The van der Waals surface area contributed by atoms with Gasteiger partial charge in [0, 0.05) is 0 Å². The van der Waals surface area contributed by atoms with E-state index in [1.165, 1.54) is 35.1 Å². The minimum absolute atomic E-state index is 0.647. The number of hydrogen-bond donors (Lipinski definition) is 0. The molecule has 0 spiro atoms. The van der Waals surface area contributed by atoms with Gasteiger partial charge in [-0.15, -0.1) is 0 Å². The zero-order valence-electron chi connectivity index (χ0n) is 23.7. The number of hydrogen-bond acceptors (Lipinski definition) is 0. The first kappa shape index (κ1) is 25.2. The molecule has 0 nitrogen and oxygen atoms in total. The molecule has 4 bridgehead atoms. The summed E-state index contributed by atoms with van der Waals surface area (Å²) in [6.07, 6.45) is 4.64. The van der Waals surface area contributed by atoms with Gasteiger partial charge in [-0.05, 0) is 0 Å². The Morgan fingerprint density at radius 1 is 0.538 bits per heavy atom. The summed E-state index contributed by atoms with van der Waals surface area (Å²) in [7, 11) is 0. The topological polar surface area (TPSA) is 0 Å². The molecule has 7 rings (SSSR count). The van der Waals surface area contributed by atoms with Gasteiger partial charge in [0.05, 0.1) is 0 Å². The van der Waals surface area contributed by atoms with Crippen molar-refractivity contribution in [1.29, 1.82) is 0 Å². The van der Waals surface area contributed by atoms with E-state index in [1.54, 1.807) is 44.5 Å². The van der Waals surface area contributed by atoms with Crippen molar-refractivity contribution in [2.45, 2.75) is 56.2 Å².